The molecule has 0 aliphatic rings. The van der Waals surface area contributed by atoms with Gasteiger partial charge < -0.3 is 9.47 Å². The fourth-order valence-electron chi connectivity index (χ4n) is 1.99. The van der Waals surface area contributed by atoms with Crippen molar-refractivity contribution in [3.05, 3.63) is 12.2 Å². The smallest absolute Gasteiger partial charge is 0.438 e. The molecule has 1 atom stereocenters. The third kappa shape index (κ3) is 6.41. The summed E-state index contributed by atoms with van der Waals surface area (Å²) < 4.78 is 205. The molecule has 0 amide bonds. The van der Waals surface area contributed by atoms with E-state index >= 15 is 0 Å². The van der Waals surface area contributed by atoms with Gasteiger partial charge in [-0.05, 0) is 6.92 Å². The Morgan fingerprint density at radius 3 is 1.53 bits per heavy atom. The summed E-state index contributed by atoms with van der Waals surface area (Å²) in [6.07, 6.45) is -21.5. The van der Waals surface area contributed by atoms with Crippen molar-refractivity contribution >= 4 is 5.97 Å². The van der Waals surface area contributed by atoms with Gasteiger partial charge in [0.05, 0.1) is 6.10 Å². The number of rotatable bonds is 11. The fraction of sp³-hybridized carbons (Fsp3) is 0.812. The van der Waals surface area contributed by atoms with Crippen LogP contribution in [0.25, 0.3) is 0 Å². The summed E-state index contributed by atoms with van der Waals surface area (Å²) in [6, 6.07) is 0. The lowest BCUT2D eigenvalue weighted by Crippen LogP contribution is -2.70. The zero-order chi connectivity index (χ0) is 27.8. The Kier molecular flexibility index (Phi) is 9.11. The first-order valence-corrected chi connectivity index (χ1v) is 8.43. The molecule has 0 aliphatic heterocycles. The molecule has 0 fully saturated rings. The van der Waals surface area contributed by atoms with E-state index in [0.717, 1.165) is 6.92 Å². The number of carbonyl (C=O) groups is 1. The van der Waals surface area contributed by atoms with Crippen molar-refractivity contribution in [1.29, 1.82) is 0 Å². The lowest BCUT2D eigenvalue weighted by atomic mass is 9.88. The highest BCUT2D eigenvalue weighted by Crippen LogP contribution is 2.60. The molecule has 0 saturated heterocycles. The zero-order valence-corrected chi connectivity index (χ0v) is 16.8. The lowest BCUT2D eigenvalue weighted by Gasteiger charge is -2.40. The predicted molar refractivity (Wildman–Crippen MR) is 81.5 cm³/mol. The number of ether oxygens (including phenoxy) is 2. The van der Waals surface area contributed by atoms with Gasteiger partial charge in [-0.3, -0.25) is 0 Å². The standard InChI is InChI=1S/C16H15F15O3/c1-7(2)9(32)33-5-8(34-6-12(21,22)10(3,17)18)4-11(19,20)14(24,25)13(23,15(26,27)28)16(29,30)31/h8H,1,4-6H2,2-3H3. The van der Waals surface area contributed by atoms with E-state index in [-0.39, 0.29) is 0 Å². The quantitative estimate of drug-likeness (QED) is 0.176. The van der Waals surface area contributed by atoms with E-state index in [1.165, 1.54) is 0 Å². The molecule has 0 heterocycles. The van der Waals surface area contributed by atoms with Gasteiger partial charge in [-0.1, -0.05) is 6.58 Å². The topological polar surface area (TPSA) is 35.5 Å². The van der Waals surface area contributed by atoms with E-state index in [1.807, 2.05) is 0 Å². The molecule has 0 aromatic rings. The Bertz CT molecular complexity index is 719. The summed E-state index contributed by atoms with van der Waals surface area (Å²) in [7, 11) is 0. The van der Waals surface area contributed by atoms with E-state index < -0.39 is 85.9 Å². The molecule has 0 aliphatic carbocycles. The molecule has 0 N–H and O–H groups in total. The molecule has 1 unspecified atom stereocenters. The summed E-state index contributed by atoms with van der Waals surface area (Å²) in [4.78, 5) is 11.3. The van der Waals surface area contributed by atoms with Crippen LogP contribution >= 0.6 is 0 Å². The van der Waals surface area contributed by atoms with Crippen LogP contribution in [0.3, 0.4) is 0 Å². The van der Waals surface area contributed by atoms with Gasteiger partial charge >= 0.3 is 47.7 Å². The summed E-state index contributed by atoms with van der Waals surface area (Å²) in [5.74, 6) is -26.0. The van der Waals surface area contributed by atoms with E-state index in [4.69, 9.17) is 0 Å². The van der Waals surface area contributed by atoms with Gasteiger partial charge in [-0.2, -0.15) is 52.7 Å². The first kappa shape index (κ1) is 32.1. The second-order valence-electron chi connectivity index (χ2n) is 7.04. The van der Waals surface area contributed by atoms with Crippen LogP contribution in [0.1, 0.15) is 20.3 Å². The number of hydrogen-bond donors (Lipinski definition) is 0. The van der Waals surface area contributed by atoms with Gasteiger partial charge in [0.1, 0.15) is 13.2 Å². The van der Waals surface area contributed by atoms with Crippen molar-refractivity contribution < 1.29 is 80.1 Å². The van der Waals surface area contributed by atoms with Crippen LogP contribution in [-0.4, -0.2) is 67.0 Å². The molecule has 0 saturated carbocycles. The van der Waals surface area contributed by atoms with Crippen LogP contribution in [0.4, 0.5) is 65.9 Å². The average Bonchev–Trinajstić information content (AvgIpc) is 2.59. The van der Waals surface area contributed by atoms with Gasteiger partial charge in [0.2, 0.25) is 0 Å². The molecule has 0 aromatic carbocycles. The van der Waals surface area contributed by atoms with Crippen LogP contribution in [0.5, 0.6) is 0 Å². The number of hydrogen-bond acceptors (Lipinski definition) is 3. The number of esters is 1. The van der Waals surface area contributed by atoms with Gasteiger partial charge in [0.15, 0.2) is 0 Å². The van der Waals surface area contributed by atoms with E-state index in [1.54, 1.807) is 0 Å². The SMILES string of the molecule is C=C(C)C(=O)OCC(CC(F)(F)C(F)(F)C(F)(C(F)(F)F)C(F)(F)F)OCC(F)(F)C(C)(F)F. The molecular formula is C16H15F15O3. The highest BCUT2D eigenvalue weighted by atomic mass is 19.4. The third-order valence-electron chi connectivity index (χ3n) is 4.05. The average molecular weight is 540 g/mol. The molecule has 0 spiro atoms. The monoisotopic (exact) mass is 540 g/mol. The molecule has 0 aromatic heterocycles. The van der Waals surface area contributed by atoms with Crippen LogP contribution in [-0.2, 0) is 14.3 Å². The molecule has 3 nitrogen and oxygen atoms in total. The lowest BCUT2D eigenvalue weighted by molar-refractivity contribution is -0.428. The van der Waals surface area contributed by atoms with E-state index in [9.17, 15) is 70.7 Å². The summed E-state index contributed by atoms with van der Waals surface area (Å²) in [5, 5.41) is 0. The van der Waals surface area contributed by atoms with Crippen molar-refractivity contribution in [3.8, 4) is 0 Å². The van der Waals surface area contributed by atoms with Crippen molar-refractivity contribution in [2.75, 3.05) is 13.2 Å². The van der Waals surface area contributed by atoms with Gasteiger partial charge in [0, 0.05) is 18.9 Å². The summed E-state index contributed by atoms with van der Waals surface area (Å²) >= 11 is 0. The van der Waals surface area contributed by atoms with Crippen LogP contribution in [0.15, 0.2) is 12.2 Å². The Morgan fingerprint density at radius 1 is 0.794 bits per heavy atom. The predicted octanol–water partition coefficient (Wildman–Crippen LogP) is 6.28. The Balaban J connectivity index is 6.22. The van der Waals surface area contributed by atoms with E-state index in [0.29, 0.717) is 0 Å². The highest BCUT2D eigenvalue weighted by Gasteiger charge is 2.89. The molecular weight excluding hydrogens is 525 g/mol. The highest BCUT2D eigenvalue weighted by molar-refractivity contribution is 5.86. The minimum absolute atomic E-state index is 0.403. The number of carbonyl (C=O) groups excluding carboxylic acids is 1. The van der Waals surface area contributed by atoms with Crippen molar-refractivity contribution in [1.82, 2.24) is 0 Å². The van der Waals surface area contributed by atoms with Crippen LogP contribution in [0, 0.1) is 0 Å². The van der Waals surface area contributed by atoms with E-state index in [2.05, 4.69) is 16.1 Å². The molecule has 0 rings (SSSR count). The Labute approximate surface area is 180 Å². The zero-order valence-electron chi connectivity index (χ0n) is 16.8. The maximum atomic E-state index is 14.0. The first-order valence-electron chi connectivity index (χ1n) is 8.43. The second-order valence-corrected chi connectivity index (χ2v) is 7.04. The maximum absolute atomic E-state index is 14.0. The first-order chi connectivity index (χ1) is 14.7. The number of alkyl halides is 15. The summed E-state index contributed by atoms with van der Waals surface area (Å²) in [6.45, 7) is -0.979. The van der Waals surface area contributed by atoms with Crippen molar-refractivity contribution in [3.63, 3.8) is 0 Å². The molecule has 34 heavy (non-hydrogen) atoms. The van der Waals surface area contributed by atoms with Gasteiger partial charge in [-0.15, -0.1) is 0 Å². The largest absolute Gasteiger partial charge is 0.460 e. The fourth-order valence-corrected chi connectivity index (χ4v) is 1.99. The Morgan fingerprint density at radius 2 is 1.21 bits per heavy atom. The summed E-state index contributed by atoms with van der Waals surface area (Å²) in [5.41, 5.74) is -8.38. The van der Waals surface area contributed by atoms with Crippen molar-refractivity contribution in [2.45, 2.75) is 68.1 Å². The molecule has 202 valence electrons. The molecule has 0 bridgehead atoms. The molecule has 18 heteroatoms. The van der Waals surface area contributed by atoms with Gasteiger partial charge in [0.25, 0.3) is 0 Å². The van der Waals surface area contributed by atoms with Crippen LogP contribution < -0.4 is 0 Å². The Hall–Kier alpha value is -1.88. The minimum atomic E-state index is -7.84. The molecule has 0 radical (unpaired) electrons. The third-order valence-corrected chi connectivity index (χ3v) is 4.05. The number of halogens is 15. The van der Waals surface area contributed by atoms with Crippen LogP contribution in [0.2, 0.25) is 0 Å². The second kappa shape index (κ2) is 9.64. The maximum Gasteiger partial charge on any atom is 0.438 e. The minimum Gasteiger partial charge on any atom is -0.460 e. The normalized spacial score (nSPS) is 15.8. The van der Waals surface area contributed by atoms with Crippen molar-refractivity contribution in [2.24, 2.45) is 0 Å². The van der Waals surface area contributed by atoms with Gasteiger partial charge in [-0.25, -0.2) is 18.0 Å².